The molecule has 0 spiro atoms. The minimum atomic E-state index is -0.699. The Balaban J connectivity index is 1.83. The van der Waals surface area contributed by atoms with Crippen LogP contribution < -0.4 is 15.4 Å². The van der Waals surface area contributed by atoms with E-state index < -0.39 is 18.0 Å². The van der Waals surface area contributed by atoms with Gasteiger partial charge in [0.1, 0.15) is 18.9 Å². The highest BCUT2D eigenvalue weighted by Gasteiger charge is 2.43. The molecular weight excluding hydrogens is 366 g/mol. The summed E-state index contributed by atoms with van der Waals surface area (Å²) in [4.78, 5) is 38.5. The Kier molecular flexibility index (Phi) is 6.15. The van der Waals surface area contributed by atoms with Gasteiger partial charge in [0.2, 0.25) is 5.91 Å². The third-order valence-electron chi connectivity index (χ3n) is 4.60. The van der Waals surface area contributed by atoms with Gasteiger partial charge in [0, 0.05) is 25.8 Å². The molecule has 2 heterocycles. The molecule has 1 unspecified atom stereocenters. The largest absolute Gasteiger partial charge is 0.496 e. The second kappa shape index (κ2) is 8.75. The number of ether oxygens (including phenoxy) is 3. The molecule has 2 N–H and O–H groups in total. The summed E-state index contributed by atoms with van der Waals surface area (Å²) in [5, 5.41) is 5.52. The molecule has 150 valence electrons. The zero-order chi connectivity index (χ0) is 20.1. The first-order chi connectivity index (χ1) is 13.6. The number of hydrogen-bond acceptors (Lipinski definition) is 6. The highest BCUT2D eigenvalue weighted by Crippen LogP contribution is 2.38. The topological polar surface area (TPSA) is 106 Å². The smallest absolute Gasteiger partial charge is 0.338 e. The fraction of sp³-hybridized carbons (Fsp3) is 0.421. The van der Waals surface area contributed by atoms with Gasteiger partial charge in [-0.3, -0.25) is 9.69 Å². The molecule has 9 heteroatoms. The van der Waals surface area contributed by atoms with E-state index in [4.69, 9.17) is 14.2 Å². The Hall–Kier alpha value is -3.07. The van der Waals surface area contributed by atoms with Crippen LogP contribution in [-0.2, 0) is 19.1 Å². The number of benzene rings is 1. The van der Waals surface area contributed by atoms with Crippen molar-refractivity contribution in [1.82, 2.24) is 15.5 Å². The molecule has 0 aliphatic carbocycles. The maximum absolute atomic E-state index is 12.7. The van der Waals surface area contributed by atoms with E-state index in [1.165, 1.54) is 12.0 Å². The minimum absolute atomic E-state index is 0.0514. The Labute approximate surface area is 162 Å². The first-order valence-electron chi connectivity index (χ1n) is 8.93. The third-order valence-corrected chi connectivity index (χ3v) is 4.60. The molecule has 0 aromatic heterocycles. The first-order valence-corrected chi connectivity index (χ1v) is 8.93. The fourth-order valence-corrected chi connectivity index (χ4v) is 3.26. The molecule has 0 saturated carbocycles. The van der Waals surface area contributed by atoms with Gasteiger partial charge in [-0.15, -0.1) is 0 Å². The van der Waals surface area contributed by atoms with Gasteiger partial charge in [-0.1, -0.05) is 18.2 Å². The highest BCUT2D eigenvalue weighted by molar-refractivity contribution is 5.98. The van der Waals surface area contributed by atoms with Crippen LogP contribution in [0.4, 0.5) is 4.79 Å². The van der Waals surface area contributed by atoms with E-state index in [-0.39, 0.29) is 19.1 Å². The molecule has 3 rings (SSSR count). The second-order valence-corrected chi connectivity index (χ2v) is 6.34. The number of urea groups is 1. The van der Waals surface area contributed by atoms with Gasteiger partial charge in [-0.2, -0.15) is 0 Å². The zero-order valence-electron chi connectivity index (χ0n) is 15.8. The van der Waals surface area contributed by atoms with Gasteiger partial charge in [0.15, 0.2) is 0 Å². The molecule has 9 nitrogen and oxygen atoms in total. The second-order valence-electron chi connectivity index (χ2n) is 6.34. The molecule has 1 aromatic rings. The number of rotatable bonds is 8. The molecule has 3 amide bonds. The normalized spacial score (nSPS) is 18.5. The SMILES string of the molecule is COCCCNC(=O)CN1C(=O)NC(c2ccccc2OC)C2=C1COC2=O. The zero-order valence-corrected chi connectivity index (χ0v) is 15.8. The van der Waals surface area contributed by atoms with Crippen molar-refractivity contribution < 1.29 is 28.6 Å². The lowest BCUT2D eigenvalue weighted by Crippen LogP contribution is -2.50. The quantitative estimate of drug-likeness (QED) is 0.501. The van der Waals surface area contributed by atoms with Crippen molar-refractivity contribution in [2.45, 2.75) is 12.5 Å². The Bertz CT molecular complexity index is 807. The summed E-state index contributed by atoms with van der Waals surface area (Å²) >= 11 is 0. The summed E-state index contributed by atoms with van der Waals surface area (Å²) < 4.78 is 15.5. The fourth-order valence-electron chi connectivity index (χ4n) is 3.26. The van der Waals surface area contributed by atoms with E-state index in [2.05, 4.69) is 10.6 Å². The standard InChI is InChI=1S/C19H23N3O6/c1-26-9-5-8-20-15(23)10-22-13-11-28-18(24)16(13)17(21-19(22)25)12-6-3-4-7-14(12)27-2/h3-4,6-7,17H,5,8-11H2,1-2H3,(H,20,23)(H,21,25). The van der Waals surface area contributed by atoms with Gasteiger partial charge < -0.3 is 24.8 Å². The lowest BCUT2D eigenvalue weighted by Gasteiger charge is -2.32. The number of nitrogens with zero attached hydrogens (tertiary/aromatic N) is 1. The first kappa shape index (κ1) is 19.7. The third kappa shape index (κ3) is 3.94. The molecule has 1 atom stereocenters. The molecule has 0 radical (unpaired) electrons. The van der Waals surface area contributed by atoms with Crippen molar-refractivity contribution in [3.8, 4) is 5.75 Å². The van der Waals surface area contributed by atoms with Crippen LogP contribution in [0.5, 0.6) is 5.75 Å². The number of esters is 1. The lowest BCUT2D eigenvalue weighted by atomic mass is 9.95. The van der Waals surface area contributed by atoms with Crippen molar-refractivity contribution >= 4 is 17.9 Å². The minimum Gasteiger partial charge on any atom is -0.496 e. The van der Waals surface area contributed by atoms with Crippen LogP contribution in [0.1, 0.15) is 18.0 Å². The van der Waals surface area contributed by atoms with Gasteiger partial charge >= 0.3 is 12.0 Å². The number of amides is 3. The van der Waals surface area contributed by atoms with Crippen molar-refractivity contribution in [3.63, 3.8) is 0 Å². The average molecular weight is 389 g/mol. The monoisotopic (exact) mass is 389 g/mol. The molecule has 0 saturated heterocycles. The van der Waals surface area contributed by atoms with Crippen LogP contribution in [-0.4, -0.2) is 63.3 Å². The summed E-state index contributed by atoms with van der Waals surface area (Å²) in [7, 11) is 3.11. The van der Waals surface area contributed by atoms with Gasteiger partial charge in [-0.05, 0) is 12.5 Å². The lowest BCUT2D eigenvalue weighted by molar-refractivity contribution is -0.136. The van der Waals surface area contributed by atoms with E-state index in [1.54, 1.807) is 31.4 Å². The molecular formula is C19H23N3O6. The van der Waals surface area contributed by atoms with Crippen LogP contribution in [0.3, 0.4) is 0 Å². The summed E-state index contributed by atoms with van der Waals surface area (Å²) in [6.45, 7) is 0.715. The van der Waals surface area contributed by atoms with E-state index in [1.807, 2.05) is 0 Å². The van der Waals surface area contributed by atoms with Crippen LogP contribution in [0.2, 0.25) is 0 Å². The van der Waals surface area contributed by atoms with E-state index in [0.29, 0.717) is 42.2 Å². The Morgan fingerprint density at radius 3 is 2.86 bits per heavy atom. The maximum atomic E-state index is 12.7. The molecule has 28 heavy (non-hydrogen) atoms. The van der Waals surface area contributed by atoms with Gasteiger partial charge in [0.25, 0.3) is 0 Å². The van der Waals surface area contributed by atoms with Crippen molar-refractivity contribution in [2.24, 2.45) is 0 Å². The molecule has 1 aromatic carbocycles. The number of para-hydroxylation sites is 1. The molecule has 0 fully saturated rings. The van der Waals surface area contributed by atoms with Gasteiger partial charge in [-0.25, -0.2) is 9.59 Å². The summed E-state index contributed by atoms with van der Waals surface area (Å²) in [5.74, 6) is -0.298. The van der Waals surface area contributed by atoms with Crippen LogP contribution in [0, 0.1) is 0 Å². The maximum Gasteiger partial charge on any atom is 0.338 e. The van der Waals surface area contributed by atoms with Crippen molar-refractivity contribution in [1.29, 1.82) is 0 Å². The predicted octanol–water partition coefficient (Wildman–Crippen LogP) is 0.725. The number of nitrogens with one attached hydrogen (secondary N) is 2. The number of cyclic esters (lactones) is 1. The Morgan fingerprint density at radius 2 is 2.11 bits per heavy atom. The van der Waals surface area contributed by atoms with E-state index in [0.717, 1.165) is 0 Å². The number of methoxy groups -OCH3 is 2. The molecule has 2 aliphatic heterocycles. The summed E-state index contributed by atoms with van der Waals surface area (Å²) in [6, 6.07) is 5.95. The van der Waals surface area contributed by atoms with E-state index in [9.17, 15) is 14.4 Å². The molecule has 0 bridgehead atoms. The molecule has 2 aliphatic rings. The van der Waals surface area contributed by atoms with Crippen LogP contribution >= 0.6 is 0 Å². The number of hydrogen-bond donors (Lipinski definition) is 2. The Morgan fingerprint density at radius 1 is 1.32 bits per heavy atom. The number of carbonyl (C=O) groups is 3. The van der Waals surface area contributed by atoms with Crippen molar-refractivity contribution in [3.05, 3.63) is 41.1 Å². The summed E-state index contributed by atoms with van der Waals surface area (Å²) in [6.07, 6.45) is 0.667. The van der Waals surface area contributed by atoms with Gasteiger partial charge in [0.05, 0.1) is 24.4 Å². The van der Waals surface area contributed by atoms with E-state index >= 15 is 0 Å². The highest BCUT2D eigenvalue weighted by atomic mass is 16.5. The van der Waals surface area contributed by atoms with Crippen molar-refractivity contribution in [2.75, 3.05) is 40.5 Å². The average Bonchev–Trinajstić information content (AvgIpc) is 3.09. The van der Waals surface area contributed by atoms with Crippen LogP contribution in [0.15, 0.2) is 35.5 Å². The predicted molar refractivity (Wildman–Crippen MR) is 98.5 cm³/mol. The number of carbonyl (C=O) groups excluding carboxylic acids is 3. The van der Waals surface area contributed by atoms with Crippen LogP contribution in [0.25, 0.3) is 0 Å². The summed E-state index contributed by atoms with van der Waals surface area (Å²) in [5.41, 5.74) is 1.36.